The first-order valence-corrected chi connectivity index (χ1v) is 5.96. The fourth-order valence-corrected chi connectivity index (χ4v) is 2.99. The average molecular weight is 190 g/mol. The van der Waals surface area contributed by atoms with Crippen LogP contribution in [0.4, 0.5) is 0 Å². The van der Waals surface area contributed by atoms with Crippen molar-refractivity contribution in [2.45, 2.75) is 12.8 Å². The van der Waals surface area contributed by atoms with Crippen LogP contribution in [0.2, 0.25) is 0 Å². The fourth-order valence-electron chi connectivity index (χ4n) is 1.07. The lowest BCUT2D eigenvalue weighted by Crippen LogP contribution is -2.13. The van der Waals surface area contributed by atoms with Gasteiger partial charge in [0.2, 0.25) is 5.78 Å². The molecule has 1 aliphatic carbocycles. The molecule has 0 aromatic rings. The van der Waals surface area contributed by atoms with Gasteiger partial charge in [0.1, 0.15) is 6.16 Å². The molecule has 0 radical (unpaired) electrons. The molecule has 0 bridgehead atoms. The van der Waals surface area contributed by atoms with Crippen molar-refractivity contribution in [3.05, 3.63) is 0 Å². The highest BCUT2D eigenvalue weighted by Crippen LogP contribution is 2.55. The quantitative estimate of drug-likeness (QED) is 0.434. The molecular weight excluding hydrogens is 177 g/mol. The molecule has 3 N–H and O–H groups in total. The molecule has 0 heterocycles. The van der Waals surface area contributed by atoms with E-state index in [0.29, 0.717) is 18.3 Å². The van der Waals surface area contributed by atoms with Gasteiger partial charge in [-0.2, -0.15) is 0 Å². The van der Waals surface area contributed by atoms with E-state index >= 15 is 0 Å². The summed E-state index contributed by atoms with van der Waals surface area (Å²) in [7, 11) is -3.01. The minimum atomic E-state index is -3.01. The van der Waals surface area contributed by atoms with Gasteiger partial charge in [0.15, 0.2) is 6.16 Å². The maximum absolute atomic E-state index is 10.7. The Balaban J connectivity index is 2.34. The molecule has 0 aliphatic heterocycles. The second-order valence-corrected chi connectivity index (χ2v) is 5.71. The van der Waals surface area contributed by atoms with Gasteiger partial charge in [-0.1, -0.05) is 0 Å². The molecule has 1 rings (SSSR count). The van der Waals surface area contributed by atoms with Crippen LogP contribution >= 0.6 is 7.72 Å². The highest BCUT2D eigenvalue weighted by atomic mass is 31.2. The van der Waals surface area contributed by atoms with Crippen LogP contribution in [0.5, 0.6) is 0 Å². The summed E-state index contributed by atoms with van der Waals surface area (Å²) < 4.78 is 0. The highest BCUT2D eigenvalue weighted by Gasteiger charge is 2.42. The maximum Gasteiger partial charge on any atom is 0.275 e. The summed E-state index contributed by atoms with van der Waals surface area (Å²) in [5.74, 6) is -0.0825. The van der Waals surface area contributed by atoms with Gasteiger partial charge < -0.3 is 5.41 Å². The van der Waals surface area contributed by atoms with Crippen molar-refractivity contribution in [2.24, 2.45) is 5.92 Å². The van der Waals surface area contributed by atoms with Crippen molar-refractivity contribution in [1.82, 2.24) is 0 Å². The molecule has 12 heavy (non-hydrogen) atoms. The zero-order chi connectivity index (χ0) is 9.19. The molecule has 0 aromatic heterocycles. The van der Waals surface area contributed by atoms with E-state index < -0.39 is 13.5 Å². The number of nitrogens with one attached hydrogen (secondary N) is 1. The molecule has 5 heteroatoms. The molecule has 1 aliphatic rings. The van der Waals surface area contributed by atoms with Gasteiger partial charge in [0.25, 0.3) is 7.72 Å². The van der Waals surface area contributed by atoms with Crippen molar-refractivity contribution in [1.29, 1.82) is 5.41 Å². The van der Waals surface area contributed by atoms with Gasteiger partial charge >= 0.3 is 0 Å². The van der Waals surface area contributed by atoms with Crippen LogP contribution in [-0.2, 0) is 4.79 Å². The van der Waals surface area contributed by atoms with Crippen molar-refractivity contribution < 1.29 is 14.6 Å². The number of carbonyl (C=O) groups excluding carboxylic acids is 1. The minimum absolute atomic E-state index is 0.243. The number of hydrogen-bond acceptors (Lipinski definition) is 4. The first kappa shape index (κ1) is 9.78. The summed E-state index contributed by atoms with van der Waals surface area (Å²) in [6, 6.07) is 0. The van der Waals surface area contributed by atoms with Crippen molar-refractivity contribution in [2.75, 3.05) is 12.3 Å². The third kappa shape index (κ3) is 3.39. The Morgan fingerprint density at radius 3 is 2.58 bits per heavy atom. The van der Waals surface area contributed by atoms with Gasteiger partial charge in [-0.15, -0.1) is 0 Å². The first-order chi connectivity index (χ1) is 5.53. The largest absolute Gasteiger partial charge is 0.305 e. The monoisotopic (exact) mass is 190 g/mol. The fraction of sp³-hybridized carbons (Fsp3) is 0.714. The van der Waals surface area contributed by atoms with Crippen LogP contribution in [0.15, 0.2) is 0 Å². The Bertz CT molecular complexity index is 201. The summed E-state index contributed by atoms with van der Waals surface area (Å²) in [6.45, 7) is 0. The lowest BCUT2D eigenvalue weighted by atomic mass is 10.5. The van der Waals surface area contributed by atoms with E-state index in [9.17, 15) is 14.6 Å². The molecule has 0 atom stereocenters. The zero-order valence-electron chi connectivity index (χ0n) is 6.73. The van der Waals surface area contributed by atoms with Gasteiger partial charge in [-0.3, -0.25) is 4.79 Å². The summed E-state index contributed by atoms with van der Waals surface area (Å²) in [5.41, 5.74) is 0. The van der Waals surface area contributed by atoms with Crippen LogP contribution in [-0.4, -0.2) is 34.1 Å². The Hall–Kier alpha value is -0.310. The molecule has 4 nitrogen and oxygen atoms in total. The van der Waals surface area contributed by atoms with Gasteiger partial charge in [0, 0.05) is 0 Å². The average Bonchev–Trinajstić information content (AvgIpc) is 2.69. The number of ketones is 1. The standard InChI is InChI=1S/C7H13NO3P/c8-3-7(9)5-12(10,11)4-6-1-2-6/h3,6,8,10-11H,1-2,4-5H2/q+1. The maximum atomic E-state index is 10.7. The van der Waals surface area contributed by atoms with Gasteiger partial charge in [-0.05, 0) is 18.8 Å². The number of Topliss-reactive ketones (excluding diaryl/α,β-unsaturated/α-hetero) is 1. The molecule has 0 unspecified atom stereocenters. The normalized spacial score (nSPS) is 17.5. The van der Waals surface area contributed by atoms with E-state index in [1.807, 2.05) is 0 Å². The number of hydrogen-bond donors (Lipinski definition) is 3. The molecule has 68 valence electrons. The molecule has 1 saturated carbocycles. The van der Waals surface area contributed by atoms with Crippen molar-refractivity contribution in [3.63, 3.8) is 0 Å². The van der Waals surface area contributed by atoms with Crippen LogP contribution in [0.1, 0.15) is 12.8 Å². The summed E-state index contributed by atoms with van der Waals surface area (Å²) in [5, 5.41) is 6.61. The van der Waals surface area contributed by atoms with E-state index in [0.717, 1.165) is 12.8 Å². The second-order valence-electron chi connectivity index (χ2n) is 3.27. The molecule has 0 saturated heterocycles. The van der Waals surface area contributed by atoms with Crippen LogP contribution < -0.4 is 0 Å². The van der Waals surface area contributed by atoms with Crippen molar-refractivity contribution >= 4 is 19.7 Å². The Morgan fingerprint density at radius 1 is 1.58 bits per heavy atom. The van der Waals surface area contributed by atoms with E-state index in [1.54, 1.807) is 0 Å². The lowest BCUT2D eigenvalue weighted by Gasteiger charge is -2.09. The molecule has 0 spiro atoms. The SMILES string of the molecule is N=CC(=O)C[P+](O)(O)CC1CC1. The Kier molecular flexibility index (Phi) is 2.94. The summed E-state index contributed by atoms with van der Waals surface area (Å²) in [4.78, 5) is 29.4. The third-order valence-corrected chi connectivity index (χ3v) is 3.74. The molecular formula is C7H13NO3P+. The first-order valence-electron chi connectivity index (χ1n) is 3.89. The third-order valence-electron chi connectivity index (χ3n) is 1.82. The number of rotatable bonds is 5. The van der Waals surface area contributed by atoms with Crippen LogP contribution in [0.25, 0.3) is 0 Å². The minimum Gasteiger partial charge on any atom is -0.305 e. The Morgan fingerprint density at radius 2 is 2.17 bits per heavy atom. The highest BCUT2D eigenvalue weighted by molar-refractivity contribution is 7.65. The predicted molar refractivity (Wildman–Crippen MR) is 47.6 cm³/mol. The van der Waals surface area contributed by atoms with E-state index in [2.05, 4.69) is 0 Å². The smallest absolute Gasteiger partial charge is 0.275 e. The number of carbonyl (C=O) groups is 1. The summed E-state index contributed by atoms with van der Waals surface area (Å²) >= 11 is 0. The topological polar surface area (TPSA) is 81.4 Å². The lowest BCUT2D eigenvalue weighted by molar-refractivity contribution is -0.110. The van der Waals surface area contributed by atoms with Crippen LogP contribution in [0, 0.1) is 11.3 Å². The molecule has 0 aromatic carbocycles. The predicted octanol–water partition coefficient (Wildman–Crippen LogP) is 0.447. The van der Waals surface area contributed by atoms with Gasteiger partial charge in [-0.25, -0.2) is 9.79 Å². The van der Waals surface area contributed by atoms with Crippen molar-refractivity contribution in [3.8, 4) is 0 Å². The second kappa shape index (κ2) is 3.60. The summed E-state index contributed by atoms with van der Waals surface area (Å²) in [6.07, 6.45) is 2.86. The Labute approximate surface area is 71.6 Å². The van der Waals surface area contributed by atoms with E-state index in [1.165, 1.54) is 0 Å². The zero-order valence-corrected chi connectivity index (χ0v) is 7.63. The van der Waals surface area contributed by atoms with E-state index in [4.69, 9.17) is 5.41 Å². The van der Waals surface area contributed by atoms with Gasteiger partial charge in [0.05, 0.1) is 6.21 Å². The van der Waals surface area contributed by atoms with Crippen LogP contribution in [0.3, 0.4) is 0 Å². The molecule has 0 amide bonds. The van der Waals surface area contributed by atoms with E-state index in [-0.39, 0.29) is 6.16 Å². The molecule has 1 fully saturated rings.